The lowest BCUT2D eigenvalue weighted by atomic mass is 9.93. The van der Waals surface area contributed by atoms with Gasteiger partial charge in [0.25, 0.3) is 0 Å². The van der Waals surface area contributed by atoms with Gasteiger partial charge in [0, 0.05) is 24.4 Å². The maximum Gasteiger partial charge on any atom is 0.111 e. The Hall–Kier alpha value is -1.33. The second kappa shape index (κ2) is 7.09. The van der Waals surface area contributed by atoms with E-state index in [0.29, 0.717) is 18.6 Å². The molecule has 0 aromatic carbocycles. The first-order valence-corrected chi connectivity index (χ1v) is 8.02. The van der Waals surface area contributed by atoms with Crippen LogP contribution >= 0.6 is 0 Å². The third-order valence-corrected chi connectivity index (χ3v) is 4.55. The highest BCUT2D eigenvalue weighted by Crippen LogP contribution is 2.28. The molecular formula is C16H25N3O2. The van der Waals surface area contributed by atoms with Crippen LogP contribution in [0.1, 0.15) is 37.3 Å². The van der Waals surface area contributed by atoms with Crippen LogP contribution < -0.4 is 0 Å². The molecule has 3 heterocycles. The molecule has 0 radical (unpaired) electrons. The fourth-order valence-electron chi connectivity index (χ4n) is 3.39. The van der Waals surface area contributed by atoms with Gasteiger partial charge in [-0.2, -0.15) is 5.10 Å². The van der Waals surface area contributed by atoms with Crippen molar-refractivity contribution in [1.29, 1.82) is 0 Å². The van der Waals surface area contributed by atoms with Gasteiger partial charge in [0.1, 0.15) is 6.10 Å². The first-order valence-electron chi connectivity index (χ1n) is 8.02. The van der Waals surface area contributed by atoms with E-state index in [1.54, 1.807) is 0 Å². The summed E-state index contributed by atoms with van der Waals surface area (Å²) in [6, 6.07) is 2.10. The molecule has 2 aliphatic heterocycles. The molecular weight excluding hydrogens is 266 g/mol. The molecule has 2 aliphatic rings. The number of hydrogen-bond donors (Lipinski definition) is 1. The van der Waals surface area contributed by atoms with E-state index >= 15 is 0 Å². The Labute approximate surface area is 126 Å². The smallest absolute Gasteiger partial charge is 0.111 e. The lowest BCUT2D eigenvalue weighted by molar-refractivity contribution is 0.0681. The van der Waals surface area contributed by atoms with Gasteiger partial charge in [-0.15, -0.1) is 0 Å². The second-order valence-corrected chi connectivity index (χ2v) is 5.98. The lowest BCUT2D eigenvalue weighted by Gasteiger charge is -2.34. The minimum Gasteiger partial charge on any atom is -0.497 e. The number of piperidine rings is 1. The topological polar surface area (TPSA) is 50.5 Å². The summed E-state index contributed by atoms with van der Waals surface area (Å²) in [7, 11) is 0. The van der Waals surface area contributed by atoms with E-state index in [-0.39, 0.29) is 6.61 Å². The van der Waals surface area contributed by atoms with Crippen molar-refractivity contribution in [3.05, 3.63) is 30.3 Å². The second-order valence-electron chi connectivity index (χ2n) is 5.98. The number of hydrogen-bond acceptors (Lipinski definition) is 4. The molecule has 116 valence electrons. The molecule has 1 aromatic heterocycles. The number of aromatic nitrogens is 2. The van der Waals surface area contributed by atoms with Crippen LogP contribution in [0.15, 0.2) is 24.6 Å². The van der Waals surface area contributed by atoms with Gasteiger partial charge in [0.2, 0.25) is 0 Å². The maximum absolute atomic E-state index is 9.10. The van der Waals surface area contributed by atoms with Crippen LogP contribution in [0.4, 0.5) is 0 Å². The van der Waals surface area contributed by atoms with E-state index in [1.807, 2.05) is 17.1 Å². The third-order valence-electron chi connectivity index (χ3n) is 4.55. The Bertz CT molecular complexity index is 464. The summed E-state index contributed by atoms with van der Waals surface area (Å²) in [5, 5.41) is 13.4. The van der Waals surface area contributed by atoms with Crippen molar-refractivity contribution in [1.82, 2.24) is 14.7 Å². The zero-order chi connectivity index (χ0) is 14.5. The molecule has 21 heavy (non-hydrogen) atoms. The molecule has 1 N–H and O–H groups in total. The SMILES string of the molecule is OCCn1nccc1C1CCN(CC2CCC=CO2)CC1. The lowest BCUT2D eigenvalue weighted by Crippen LogP contribution is -2.39. The molecule has 1 fully saturated rings. The molecule has 0 bridgehead atoms. The van der Waals surface area contributed by atoms with Crippen molar-refractivity contribution in [2.45, 2.75) is 44.2 Å². The van der Waals surface area contributed by atoms with Gasteiger partial charge in [-0.25, -0.2) is 0 Å². The zero-order valence-electron chi connectivity index (χ0n) is 12.5. The number of likely N-dealkylation sites (tertiary alicyclic amines) is 1. The van der Waals surface area contributed by atoms with Crippen LogP contribution in [-0.2, 0) is 11.3 Å². The Morgan fingerprint density at radius 2 is 2.14 bits per heavy atom. The van der Waals surface area contributed by atoms with Crippen LogP contribution in [-0.4, -0.2) is 52.1 Å². The van der Waals surface area contributed by atoms with E-state index in [0.717, 1.165) is 32.5 Å². The van der Waals surface area contributed by atoms with Gasteiger partial charge in [-0.3, -0.25) is 9.58 Å². The van der Waals surface area contributed by atoms with Crippen molar-refractivity contribution in [2.24, 2.45) is 0 Å². The van der Waals surface area contributed by atoms with Crippen molar-refractivity contribution in [2.75, 3.05) is 26.2 Å². The fraction of sp³-hybridized carbons (Fsp3) is 0.688. The summed E-state index contributed by atoms with van der Waals surface area (Å²) in [6.07, 6.45) is 10.8. The first kappa shape index (κ1) is 14.6. The van der Waals surface area contributed by atoms with Crippen LogP contribution in [0.3, 0.4) is 0 Å². The first-order chi connectivity index (χ1) is 10.4. The largest absolute Gasteiger partial charge is 0.497 e. The Morgan fingerprint density at radius 3 is 2.86 bits per heavy atom. The Kier molecular flexibility index (Phi) is 4.93. The van der Waals surface area contributed by atoms with Gasteiger partial charge in [0.05, 0.1) is 19.4 Å². The van der Waals surface area contributed by atoms with Crippen molar-refractivity contribution < 1.29 is 9.84 Å². The molecule has 3 rings (SSSR count). The van der Waals surface area contributed by atoms with Crippen LogP contribution in [0.25, 0.3) is 0 Å². The van der Waals surface area contributed by atoms with Crippen molar-refractivity contribution in [3.8, 4) is 0 Å². The predicted molar refractivity (Wildman–Crippen MR) is 81.0 cm³/mol. The third kappa shape index (κ3) is 3.66. The average molecular weight is 291 g/mol. The van der Waals surface area contributed by atoms with Crippen molar-refractivity contribution >= 4 is 0 Å². The molecule has 1 aromatic rings. The fourth-order valence-corrected chi connectivity index (χ4v) is 3.39. The predicted octanol–water partition coefficient (Wildman–Crippen LogP) is 1.75. The number of rotatable bonds is 5. The standard InChI is InChI=1S/C16H25N3O2/c20-11-10-19-16(4-7-17-19)14-5-8-18(9-6-14)13-15-3-1-2-12-21-15/h2,4,7,12,14-15,20H,1,3,5-6,8-11,13H2. The highest BCUT2D eigenvalue weighted by molar-refractivity contribution is 5.09. The number of ether oxygens (including phenoxy) is 1. The Morgan fingerprint density at radius 1 is 1.29 bits per heavy atom. The highest BCUT2D eigenvalue weighted by atomic mass is 16.5. The van der Waals surface area contributed by atoms with E-state index in [4.69, 9.17) is 9.84 Å². The summed E-state index contributed by atoms with van der Waals surface area (Å²) in [4.78, 5) is 2.52. The molecule has 5 heteroatoms. The van der Waals surface area contributed by atoms with E-state index in [9.17, 15) is 0 Å². The van der Waals surface area contributed by atoms with Gasteiger partial charge in [0.15, 0.2) is 0 Å². The normalized spacial score (nSPS) is 24.1. The maximum atomic E-state index is 9.10. The number of allylic oxidation sites excluding steroid dienone is 1. The highest BCUT2D eigenvalue weighted by Gasteiger charge is 2.25. The number of aliphatic hydroxyl groups excluding tert-OH is 1. The van der Waals surface area contributed by atoms with Gasteiger partial charge in [-0.1, -0.05) is 0 Å². The Balaban J connectivity index is 1.50. The van der Waals surface area contributed by atoms with E-state index in [2.05, 4.69) is 22.1 Å². The summed E-state index contributed by atoms with van der Waals surface area (Å²) >= 11 is 0. The zero-order valence-corrected chi connectivity index (χ0v) is 12.5. The monoisotopic (exact) mass is 291 g/mol. The van der Waals surface area contributed by atoms with E-state index in [1.165, 1.54) is 18.5 Å². The molecule has 0 aliphatic carbocycles. The van der Waals surface area contributed by atoms with Crippen LogP contribution in [0.2, 0.25) is 0 Å². The minimum atomic E-state index is 0.153. The molecule has 5 nitrogen and oxygen atoms in total. The van der Waals surface area contributed by atoms with Crippen molar-refractivity contribution in [3.63, 3.8) is 0 Å². The molecule has 0 amide bonds. The van der Waals surface area contributed by atoms with Gasteiger partial charge >= 0.3 is 0 Å². The van der Waals surface area contributed by atoms with E-state index < -0.39 is 0 Å². The van der Waals surface area contributed by atoms with Crippen LogP contribution in [0, 0.1) is 0 Å². The molecule has 1 atom stereocenters. The minimum absolute atomic E-state index is 0.153. The summed E-state index contributed by atoms with van der Waals surface area (Å²) in [6.45, 7) is 4.05. The number of nitrogens with zero attached hydrogens (tertiary/aromatic N) is 3. The molecule has 1 saturated heterocycles. The van der Waals surface area contributed by atoms with Gasteiger partial charge < -0.3 is 9.84 Å². The summed E-state index contributed by atoms with van der Waals surface area (Å²) in [5.74, 6) is 0.572. The summed E-state index contributed by atoms with van der Waals surface area (Å²) < 4.78 is 7.62. The van der Waals surface area contributed by atoms with Crippen LogP contribution in [0.5, 0.6) is 0 Å². The average Bonchev–Trinajstić information content (AvgIpc) is 2.98. The number of aliphatic hydroxyl groups is 1. The molecule has 1 unspecified atom stereocenters. The summed E-state index contributed by atoms with van der Waals surface area (Å²) in [5.41, 5.74) is 1.28. The van der Waals surface area contributed by atoms with Gasteiger partial charge in [-0.05, 0) is 50.9 Å². The quantitative estimate of drug-likeness (QED) is 0.898. The molecule has 0 spiro atoms. The molecule has 0 saturated carbocycles.